The van der Waals surface area contributed by atoms with Gasteiger partial charge >= 0.3 is 6.18 Å². The average molecular weight is 317 g/mol. The molecule has 0 aliphatic carbocycles. The lowest BCUT2D eigenvalue weighted by Gasteiger charge is -2.23. The molecule has 3 rings (SSSR count). The molecule has 0 bridgehead atoms. The van der Waals surface area contributed by atoms with Crippen molar-refractivity contribution in [3.8, 4) is 0 Å². The highest BCUT2D eigenvalue weighted by atomic mass is 32.1. The summed E-state index contributed by atoms with van der Waals surface area (Å²) in [5.74, 6) is 0.835. The van der Waals surface area contributed by atoms with Crippen molar-refractivity contribution < 1.29 is 13.2 Å². The molecular weight excluding hydrogens is 303 g/mol. The van der Waals surface area contributed by atoms with E-state index in [9.17, 15) is 13.2 Å². The molecule has 5 nitrogen and oxygen atoms in total. The van der Waals surface area contributed by atoms with Crippen molar-refractivity contribution in [3.05, 3.63) is 28.8 Å². The first-order valence-corrected chi connectivity index (χ1v) is 7.46. The van der Waals surface area contributed by atoms with Gasteiger partial charge in [-0.1, -0.05) is 4.49 Å². The number of imidazole rings is 1. The number of nitrogens with zero attached hydrogens (tertiary/aromatic N) is 4. The van der Waals surface area contributed by atoms with Crippen molar-refractivity contribution in [3.63, 3.8) is 0 Å². The molecule has 2 aromatic rings. The minimum Gasteiger partial charge on any atom is -0.334 e. The maximum absolute atomic E-state index is 12.6. The van der Waals surface area contributed by atoms with Crippen LogP contribution in [0.5, 0.6) is 0 Å². The van der Waals surface area contributed by atoms with Gasteiger partial charge in [0, 0.05) is 37.6 Å². The molecule has 0 amide bonds. The fraction of sp³-hybridized carbons (Fsp3) is 0.583. The zero-order chi connectivity index (χ0) is 14.9. The van der Waals surface area contributed by atoms with E-state index in [0.717, 1.165) is 24.9 Å². The van der Waals surface area contributed by atoms with Gasteiger partial charge in [0.1, 0.15) is 5.82 Å². The minimum absolute atomic E-state index is 0.305. The normalized spacial score (nSPS) is 18.7. The molecule has 0 saturated carbocycles. The predicted molar refractivity (Wildman–Crippen MR) is 70.7 cm³/mol. The van der Waals surface area contributed by atoms with E-state index < -0.39 is 11.9 Å². The van der Waals surface area contributed by atoms with Crippen LogP contribution in [0.15, 0.2) is 11.6 Å². The first kappa shape index (κ1) is 14.5. The zero-order valence-electron chi connectivity index (χ0n) is 11.1. The molecule has 21 heavy (non-hydrogen) atoms. The summed E-state index contributed by atoms with van der Waals surface area (Å²) in [6.45, 7) is 1.95. The molecular formula is C12H14F3N5S. The Morgan fingerprint density at radius 1 is 1.43 bits per heavy atom. The molecule has 2 aromatic heterocycles. The van der Waals surface area contributed by atoms with Crippen molar-refractivity contribution in [1.82, 2.24) is 24.5 Å². The lowest BCUT2D eigenvalue weighted by Crippen LogP contribution is -2.29. The van der Waals surface area contributed by atoms with Crippen LogP contribution in [0.25, 0.3) is 0 Å². The summed E-state index contributed by atoms with van der Waals surface area (Å²) in [7, 11) is 0. The van der Waals surface area contributed by atoms with E-state index in [1.165, 1.54) is 11.5 Å². The van der Waals surface area contributed by atoms with Crippen LogP contribution in [0.3, 0.4) is 0 Å². The highest BCUT2D eigenvalue weighted by Crippen LogP contribution is 2.30. The Labute approximate surface area is 123 Å². The van der Waals surface area contributed by atoms with Gasteiger partial charge in [-0.2, -0.15) is 13.2 Å². The van der Waals surface area contributed by atoms with E-state index in [-0.39, 0.29) is 0 Å². The number of aromatic nitrogens is 4. The lowest BCUT2D eigenvalue weighted by molar-refractivity contribution is -0.141. The van der Waals surface area contributed by atoms with E-state index in [0.29, 0.717) is 31.3 Å². The second-order valence-corrected chi connectivity index (χ2v) is 5.73. The monoisotopic (exact) mass is 317 g/mol. The average Bonchev–Trinajstić information content (AvgIpc) is 3.05. The number of fused-ring (bicyclic) bond motifs is 1. The predicted octanol–water partition coefficient (Wildman–Crippen LogP) is 2.11. The van der Waals surface area contributed by atoms with Gasteiger partial charge in [-0.25, -0.2) is 4.98 Å². The van der Waals surface area contributed by atoms with Crippen molar-refractivity contribution in [2.24, 2.45) is 5.92 Å². The second-order valence-electron chi connectivity index (χ2n) is 5.12. The van der Waals surface area contributed by atoms with Crippen LogP contribution in [0.2, 0.25) is 0 Å². The lowest BCUT2D eigenvalue weighted by atomic mass is 9.99. The Bertz CT molecular complexity index is 593. The smallest absolute Gasteiger partial charge is 0.334 e. The van der Waals surface area contributed by atoms with Gasteiger partial charge in [0.25, 0.3) is 0 Å². The Balaban J connectivity index is 1.56. The summed E-state index contributed by atoms with van der Waals surface area (Å²) < 4.78 is 43.3. The number of alkyl halides is 3. The Morgan fingerprint density at radius 3 is 3.00 bits per heavy atom. The summed E-state index contributed by atoms with van der Waals surface area (Å²) >= 11 is 1.30. The quantitative estimate of drug-likeness (QED) is 0.938. The highest BCUT2D eigenvalue weighted by molar-refractivity contribution is 7.03. The van der Waals surface area contributed by atoms with Gasteiger partial charge in [-0.3, -0.25) is 0 Å². The number of hydrogen-bond acceptors (Lipinski definition) is 5. The molecule has 9 heteroatoms. The van der Waals surface area contributed by atoms with Gasteiger partial charge in [0.15, 0.2) is 5.69 Å². The van der Waals surface area contributed by atoms with Gasteiger partial charge in [-0.05, 0) is 23.9 Å². The van der Waals surface area contributed by atoms with Crippen LogP contribution in [0.4, 0.5) is 13.2 Å². The molecule has 1 N–H and O–H groups in total. The molecule has 0 radical (unpaired) electrons. The summed E-state index contributed by atoms with van der Waals surface area (Å²) in [6.07, 6.45) is -1.82. The SMILES string of the molecule is FC(F)(F)c1cn2c(n1)CC[C@@H](CNCc1csnn1)C2. The minimum atomic E-state index is -4.37. The van der Waals surface area contributed by atoms with Crippen LogP contribution in [0.1, 0.15) is 23.6 Å². The van der Waals surface area contributed by atoms with E-state index in [1.54, 1.807) is 4.57 Å². The summed E-state index contributed by atoms with van der Waals surface area (Å²) in [5, 5.41) is 9.08. The van der Waals surface area contributed by atoms with Gasteiger partial charge in [0.2, 0.25) is 0 Å². The Morgan fingerprint density at radius 2 is 2.29 bits per heavy atom. The molecule has 1 atom stereocenters. The van der Waals surface area contributed by atoms with Crippen molar-refractivity contribution in [2.75, 3.05) is 6.54 Å². The summed E-state index contributed by atoms with van der Waals surface area (Å²) in [4.78, 5) is 3.68. The molecule has 0 spiro atoms. The van der Waals surface area contributed by atoms with Crippen LogP contribution in [0, 0.1) is 5.92 Å². The number of rotatable bonds is 4. The molecule has 114 valence electrons. The number of nitrogens with one attached hydrogen (secondary N) is 1. The molecule has 0 unspecified atom stereocenters. The van der Waals surface area contributed by atoms with Crippen LogP contribution in [-0.4, -0.2) is 25.7 Å². The number of aryl methyl sites for hydroxylation is 1. The summed E-state index contributed by atoms with van der Waals surface area (Å²) in [5.41, 5.74) is 0.0955. The van der Waals surface area contributed by atoms with Crippen LogP contribution in [-0.2, 0) is 25.7 Å². The third kappa shape index (κ3) is 3.41. The third-order valence-electron chi connectivity index (χ3n) is 3.52. The van der Waals surface area contributed by atoms with Crippen LogP contribution >= 0.6 is 11.5 Å². The standard InChI is InChI=1S/C12H14F3N5S/c13-12(14,15)10-6-20-5-8(1-2-11(20)17-10)3-16-4-9-7-21-19-18-9/h6-8,16H,1-5H2/t8-/m0/s1. The Hall–Kier alpha value is -1.48. The summed E-state index contributed by atoms with van der Waals surface area (Å²) in [6, 6.07) is 0. The number of halogens is 3. The van der Waals surface area contributed by atoms with Crippen LogP contribution < -0.4 is 5.32 Å². The molecule has 3 heterocycles. The van der Waals surface area contributed by atoms with E-state index >= 15 is 0 Å². The fourth-order valence-electron chi connectivity index (χ4n) is 2.48. The topological polar surface area (TPSA) is 55.6 Å². The van der Waals surface area contributed by atoms with E-state index in [2.05, 4.69) is 19.9 Å². The first-order valence-electron chi connectivity index (χ1n) is 6.62. The van der Waals surface area contributed by atoms with E-state index in [1.807, 2.05) is 5.38 Å². The fourth-order valence-corrected chi connectivity index (χ4v) is 2.93. The van der Waals surface area contributed by atoms with Crippen molar-refractivity contribution >= 4 is 11.5 Å². The largest absolute Gasteiger partial charge is 0.434 e. The number of hydrogen-bond donors (Lipinski definition) is 1. The maximum Gasteiger partial charge on any atom is 0.434 e. The molecule has 0 fully saturated rings. The van der Waals surface area contributed by atoms with Crippen molar-refractivity contribution in [1.29, 1.82) is 0 Å². The molecule has 1 aliphatic heterocycles. The third-order valence-corrected chi connectivity index (χ3v) is 4.08. The molecule has 1 aliphatic rings. The molecule has 0 aromatic carbocycles. The zero-order valence-corrected chi connectivity index (χ0v) is 11.9. The van der Waals surface area contributed by atoms with E-state index in [4.69, 9.17) is 0 Å². The first-order chi connectivity index (χ1) is 10.0. The second kappa shape index (κ2) is 5.72. The van der Waals surface area contributed by atoms with Gasteiger partial charge < -0.3 is 9.88 Å². The van der Waals surface area contributed by atoms with Crippen molar-refractivity contribution in [2.45, 2.75) is 32.1 Å². The molecule has 0 saturated heterocycles. The van der Waals surface area contributed by atoms with Gasteiger partial charge in [0.05, 0.1) is 5.69 Å². The van der Waals surface area contributed by atoms with Gasteiger partial charge in [-0.15, -0.1) is 5.10 Å². The maximum atomic E-state index is 12.6. The Kier molecular flexibility index (Phi) is 3.94. The highest BCUT2D eigenvalue weighted by Gasteiger charge is 2.35.